The van der Waals surface area contributed by atoms with Crippen LogP contribution in [0.3, 0.4) is 0 Å². The molecule has 0 bridgehead atoms. The van der Waals surface area contributed by atoms with Crippen molar-refractivity contribution >= 4 is 16.6 Å². The molecule has 0 amide bonds. The Morgan fingerprint density at radius 1 is 0.885 bits per heavy atom. The van der Waals surface area contributed by atoms with Crippen LogP contribution < -0.4 is 5.32 Å². The van der Waals surface area contributed by atoms with E-state index < -0.39 is 6.10 Å². The lowest BCUT2D eigenvalue weighted by Crippen LogP contribution is -2.07. The van der Waals surface area contributed by atoms with Crippen LogP contribution in [-0.4, -0.2) is 10.1 Å². The smallest absolute Gasteiger partial charge is 0.119 e. The molecule has 0 aliphatic carbocycles. The zero-order chi connectivity index (χ0) is 17.5. The number of aliphatic hydroxyl groups is 1. The summed E-state index contributed by atoms with van der Waals surface area (Å²) in [6.07, 6.45) is 0.313. The highest BCUT2D eigenvalue weighted by Gasteiger charge is 2.22. The standard InChI is InChI=1S/C23H20N2O/c26-23(22-14-17-7-2-4-11-20(17)25-22)18-9-5-8-15(12-18)21-13-16-6-1-3-10-19(16)24-21/h1-12,14,21,23-26H,13H2. The van der Waals surface area contributed by atoms with Gasteiger partial charge in [-0.05, 0) is 46.7 Å². The molecule has 0 saturated heterocycles. The number of fused-ring (bicyclic) bond motifs is 2. The van der Waals surface area contributed by atoms with Crippen molar-refractivity contribution in [1.29, 1.82) is 0 Å². The van der Waals surface area contributed by atoms with Crippen molar-refractivity contribution in [2.45, 2.75) is 18.6 Å². The number of anilines is 1. The number of rotatable bonds is 3. The van der Waals surface area contributed by atoms with Crippen LogP contribution in [0.25, 0.3) is 10.9 Å². The van der Waals surface area contributed by atoms with E-state index >= 15 is 0 Å². The van der Waals surface area contributed by atoms with E-state index in [0.717, 1.165) is 28.6 Å². The maximum absolute atomic E-state index is 10.9. The topological polar surface area (TPSA) is 48.0 Å². The average Bonchev–Trinajstić information content (AvgIpc) is 3.31. The Morgan fingerprint density at radius 2 is 1.73 bits per heavy atom. The maximum atomic E-state index is 10.9. The van der Waals surface area contributed by atoms with Gasteiger partial charge in [0, 0.05) is 16.9 Å². The fourth-order valence-corrected chi connectivity index (χ4v) is 3.87. The summed E-state index contributed by atoms with van der Waals surface area (Å²) in [5.41, 5.74) is 6.54. The van der Waals surface area contributed by atoms with Gasteiger partial charge in [-0.1, -0.05) is 60.7 Å². The van der Waals surface area contributed by atoms with E-state index in [1.807, 2.05) is 36.4 Å². The van der Waals surface area contributed by atoms with Crippen LogP contribution in [0, 0.1) is 0 Å². The molecular formula is C23H20N2O. The van der Waals surface area contributed by atoms with Crippen molar-refractivity contribution in [3.05, 3.63) is 101 Å². The first-order chi connectivity index (χ1) is 12.8. The molecule has 128 valence electrons. The van der Waals surface area contributed by atoms with Crippen LogP contribution in [0.2, 0.25) is 0 Å². The van der Waals surface area contributed by atoms with Gasteiger partial charge in [0.15, 0.2) is 0 Å². The molecule has 0 fully saturated rings. The lowest BCUT2D eigenvalue weighted by Gasteiger charge is -2.15. The van der Waals surface area contributed by atoms with Crippen LogP contribution in [-0.2, 0) is 6.42 Å². The number of aliphatic hydroxyl groups excluding tert-OH is 1. The van der Waals surface area contributed by atoms with Gasteiger partial charge >= 0.3 is 0 Å². The van der Waals surface area contributed by atoms with Crippen molar-refractivity contribution in [3.63, 3.8) is 0 Å². The lowest BCUT2D eigenvalue weighted by atomic mass is 9.98. The number of aromatic nitrogens is 1. The minimum Gasteiger partial charge on any atom is -0.382 e. The van der Waals surface area contributed by atoms with E-state index in [9.17, 15) is 5.11 Å². The molecule has 26 heavy (non-hydrogen) atoms. The second-order valence-electron chi connectivity index (χ2n) is 6.94. The van der Waals surface area contributed by atoms with Gasteiger partial charge < -0.3 is 15.4 Å². The van der Waals surface area contributed by atoms with Crippen molar-refractivity contribution in [3.8, 4) is 0 Å². The van der Waals surface area contributed by atoms with Crippen molar-refractivity contribution in [1.82, 2.24) is 4.98 Å². The monoisotopic (exact) mass is 340 g/mol. The Bertz CT molecular complexity index is 1020. The highest BCUT2D eigenvalue weighted by Crippen LogP contribution is 2.35. The van der Waals surface area contributed by atoms with Gasteiger partial charge in [-0.2, -0.15) is 0 Å². The molecule has 2 atom stereocenters. The largest absolute Gasteiger partial charge is 0.382 e. The minimum absolute atomic E-state index is 0.252. The molecule has 1 aromatic heterocycles. The van der Waals surface area contributed by atoms with Crippen molar-refractivity contribution in [2.75, 3.05) is 5.32 Å². The molecule has 3 N–H and O–H groups in total. The fourth-order valence-electron chi connectivity index (χ4n) is 3.87. The van der Waals surface area contributed by atoms with Gasteiger partial charge in [0.1, 0.15) is 6.10 Å². The summed E-state index contributed by atoms with van der Waals surface area (Å²) in [4.78, 5) is 3.33. The normalized spacial score (nSPS) is 17.0. The van der Waals surface area contributed by atoms with Crippen LogP contribution in [0.4, 0.5) is 5.69 Å². The number of para-hydroxylation sites is 2. The van der Waals surface area contributed by atoms with E-state index in [2.05, 4.69) is 52.8 Å². The predicted molar refractivity (Wildman–Crippen MR) is 105 cm³/mol. The molecule has 0 radical (unpaired) electrons. The minimum atomic E-state index is -0.661. The third-order valence-corrected chi connectivity index (χ3v) is 5.25. The van der Waals surface area contributed by atoms with Gasteiger partial charge in [-0.3, -0.25) is 0 Å². The number of hydrogen-bond donors (Lipinski definition) is 3. The zero-order valence-electron chi connectivity index (χ0n) is 14.3. The number of H-pyrrole nitrogens is 1. The number of benzene rings is 3. The van der Waals surface area contributed by atoms with Gasteiger partial charge in [0.2, 0.25) is 0 Å². The Morgan fingerprint density at radius 3 is 2.62 bits per heavy atom. The van der Waals surface area contributed by atoms with E-state index in [1.54, 1.807) is 0 Å². The summed E-state index contributed by atoms with van der Waals surface area (Å²) < 4.78 is 0. The van der Waals surface area contributed by atoms with E-state index in [1.165, 1.54) is 16.8 Å². The highest BCUT2D eigenvalue weighted by molar-refractivity contribution is 5.80. The third-order valence-electron chi connectivity index (χ3n) is 5.25. The van der Waals surface area contributed by atoms with Gasteiger partial charge in [-0.25, -0.2) is 0 Å². The molecule has 1 aliphatic rings. The van der Waals surface area contributed by atoms with E-state index in [0.29, 0.717) is 0 Å². The van der Waals surface area contributed by atoms with Crippen molar-refractivity contribution < 1.29 is 5.11 Å². The van der Waals surface area contributed by atoms with Gasteiger partial charge in [0.25, 0.3) is 0 Å². The van der Waals surface area contributed by atoms with E-state index in [-0.39, 0.29) is 6.04 Å². The molecule has 1 aliphatic heterocycles. The summed E-state index contributed by atoms with van der Waals surface area (Å²) in [6, 6.07) is 27.1. The Labute approximate surface area is 152 Å². The maximum Gasteiger partial charge on any atom is 0.119 e. The molecule has 0 saturated carbocycles. The molecule has 3 aromatic carbocycles. The lowest BCUT2D eigenvalue weighted by molar-refractivity contribution is 0.216. The summed E-state index contributed by atoms with van der Waals surface area (Å²) in [6.45, 7) is 0. The fraction of sp³-hybridized carbons (Fsp3) is 0.130. The van der Waals surface area contributed by atoms with Crippen LogP contribution in [0.1, 0.15) is 34.5 Å². The molecule has 2 heterocycles. The zero-order valence-corrected chi connectivity index (χ0v) is 14.3. The second kappa shape index (κ2) is 6.04. The first-order valence-electron chi connectivity index (χ1n) is 8.98. The third kappa shape index (κ3) is 2.57. The number of nitrogens with one attached hydrogen (secondary N) is 2. The van der Waals surface area contributed by atoms with Crippen LogP contribution in [0.15, 0.2) is 78.9 Å². The van der Waals surface area contributed by atoms with Crippen molar-refractivity contribution in [2.24, 2.45) is 0 Å². The molecule has 2 unspecified atom stereocenters. The van der Waals surface area contributed by atoms with Crippen LogP contribution >= 0.6 is 0 Å². The number of hydrogen-bond acceptors (Lipinski definition) is 2. The quantitative estimate of drug-likeness (QED) is 0.494. The Hall–Kier alpha value is -3.04. The molecular weight excluding hydrogens is 320 g/mol. The summed E-state index contributed by atoms with van der Waals surface area (Å²) in [7, 11) is 0. The van der Waals surface area contributed by atoms with E-state index in [4.69, 9.17) is 0 Å². The predicted octanol–water partition coefficient (Wildman–Crippen LogP) is 4.96. The summed E-state index contributed by atoms with van der Waals surface area (Å²) in [5, 5.41) is 15.6. The van der Waals surface area contributed by atoms with Crippen LogP contribution in [0.5, 0.6) is 0 Å². The first kappa shape index (κ1) is 15.2. The Kier molecular flexibility index (Phi) is 3.54. The molecule has 0 spiro atoms. The SMILES string of the molecule is OC(c1cccc(C2Cc3ccccc3N2)c1)c1cc2ccccc2[nH]1. The first-order valence-corrected chi connectivity index (χ1v) is 8.98. The summed E-state index contributed by atoms with van der Waals surface area (Å²) in [5.74, 6) is 0. The number of aromatic amines is 1. The summed E-state index contributed by atoms with van der Waals surface area (Å²) >= 11 is 0. The highest BCUT2D eigenvalue weighted by atomic mass is 16.3. The molecule has 3 nitrogen and oxygen atoms in total. The molecule has 5 rings (SSSR count). The Balaban J connectivity index is 1.45. The molecule has 3 heteroatoms. The average molecular weight is 340 g/mol. The second-order valence-corrected chi connectivity index (χ2v) is 6.94. The van der Waals surface area contributed by atoms with Gasteiger partial charge in [0.05, 0.1) is 6.04 Å². The molecule has 4 aromatic rings. The van der Waals surface area contributed by atoms with Gasteiger partial charge in [-0.15, -0.1) is 0 Å².